The van der Waals surface area contributed by atoms with E-state index in [4.69, 9.17) is 14.0 Å². The number of carboxylic acids is 1. The molecule has 0 amide bonds. The number of aromatic hydroxyl groups is 1. The van der Waals surface area contributed by atoms with Gasteiger partial charge in [-0.1, -0.05) is 6.07 Å². The van der Waals surface area contributed by atoms with Gasteiger partial charge in [0.25, 0.3) is 0 Å². The molecule has 1 aromatic carbocycles. The van der Waals surface area contributed by atoms with Gasteiger partial charge in [-0.2, -0.15) is 0 Å². The highest BCUT2D eigenvalue weighted by Gasteiger charge is 2.54. The van der Waals surface area contributed by atoms with E-state index in [2.05, 4.69) is 0 Å². The zero-order valence-corrected chi connectivity index (χ0v) is 14.1. The molecule has 1 aliphatic rings. The van der Waals surface area contributed by atoms with Gasteiger partial charge in [0.1, 0.15) is 11.5 Å². The van der Waals surface area contributed by atoms with Crippen molar-refractivity contribution in [3.05, 3.63) is 23.8 Å². The fourth-order valence-corrected chi connectivity index (χ4v) is 2.56. The van der Waals surface area contributed by atoms with Crippen LogP contribution < -0.4 is 4.74 Å². The molecule has 0 radical (unpaired) electrons. The number of hydrogen-bond donors (Lipinski definition) is 2. The smallest absolute Gasteiger partial charge is 0.466 e. The molecule has 1 fully saturated rings. The monoisotopic (exact) mass is 322 g/mol. The average Bonchev–Trinajstić information content (AvgIpc) is 2.64. The second-order valence-corrected chi connectivity index (χ2v) is 6.75. The number of carbonyl (C=O) groups is 1. The third-order valence-corrected chi connectivity index (χ3v) is 4.63. The lowest BCUT2D eigenvalue weighted by molar-refractivity contribution is -0.137. The van der Waals surface area contributed by atoms with Crippen molar-refractivity contribution in [2.75, 3.05) is 7.11 Å². The molecule has 2 N–H and O–H groups in total. The molecule has 23 heavy (non-hydrogen) atoms. The number of hydrogen-bond acceptors (Lipinski definition) is 5. The third-order valence-electron chi connectivity index (χ3n) is 4.63. The van der Waals surface area contributed by atoms with Crippen molar-refractivity contribution in [3.63, 3.8) is 0 Å². The largest absolute Gasteiger partial charge is 0.508 e. The van der Waals surface area contributed by atoms with E-state index in [1.165, 1.54) is 13.2 Å². The van der Waals surface area contributed by atoms with Crippen LogP contribution in [0.15, 0.2) is 18.2 Å². The van der Waals surface area contributed by atoms with Gasteiger partial charge in [0, 0.05) is 11.9 Å². The maximum Gasteiger partial charge on any atom is 0.466 e. The number of phenolic OH excluding ortho intramolecular Hbond substituents is 1. The maximum absolute atomic E-state index is 11.3. The first-order valence-electron chi connectivity index (χ1n) is 7.52. The molecule has 1 heterocycles. The number of aliphatic carboxylic acids is 1. The van der Waals surface area contributed by atoms with E-state index >= 15 is 0 Å². The Balaban J connectivity index is 2.37. The summed E-state index contributed by atoms with van der Waals surface area (Å²) in [7, 11) is 0.743. The quantitative estimate of drug-likeness (QED) is 0.811. The lowest BCUT2D eigenvalue weighted by atomic mass is 9.66. The molecule has 0 saturated carbocycles. The normalized spacial score (nSPS) is 20.3. The van der Waals surface area contributed by atoms with Gasteiger partial charge in [-0.3, -0.25) is 4.79 Å². The van der Waals surface area contributed by atoms with Crippen LogP contribution in [0.3, 0.4) is 0 Å². The van der Waals surface area contributed by atoms with Crippen molar-refractivity contribution in [1.29, 1.82) is 0 Å². The number of methoxy groups -OCH3 is 1. The molecular formula is C16H23BO6. The summed E-state index contributed by atoms with van der Waals surface area (Å²) in [6, 6.07) is 4.78. The summed E-state index contributed by atoms with van der Waals surface area (Å²) in [4.78, 5) is 11.3. The molecular weight excluding hydrogens is 299 g/mol. The molecule has 7 heteroatoms. The Morgan fingerprint density at radius 2 is 1.83 bits per heavy atom. The molecule has 1 aliphatic heterocycles. The van der Waals surface area contributed by atoms with Crippen LogP contribution in [0, 0.1) is 0 Å². The van der Waals surface area contributed by atoms with Gasteiger partial charge >= 0.3 is 13.1 Å². The van der Waals surface area contributed by atoms with Crippen molar-refractivity contribution in [3.8, 4) is 11.5 Å². The van der Waals surface area contributed by atoms with Crippen LogP contribution >= 0.6 is 0 Å². The summed E-state index contributed by atoms with van der Waals surface area (Å²) in [6.45, 7) is 7.61. The first-order chi connectivity index (χ1) is 10.6. The molecule has 0 spiro atoms. The van der Waals surface area contributed by atoms with Crippen molar-refractivity contribution >= 4 is 13.1 Å². The van der Waals surface area contributed by atoms with Crippen LogP contribution in [0.2, 0.25) is 0 Å². The van der Waals surface area contributed by atoms with Crippen molar-refractivity contribution in [2.24, 2.45) is 0 Å². The van der Waals surface area contributed by atoms with Crippen molar-refractivity contribution < 1.29 is 29.1 Å². The van der Waals surface area contributed by atoms with E-state index in [0.29, 0.717) is 11.3 Å². The van der Waals surface area contributed by atoms with Gasteiger partial charge in [-0.25, -0.2) is 0 Å². The zero-order chi connectivity index (χ0) is 17.4. The first-order valence-corrected chi connectivity index (χ1v) is 7.52. The summed E-state index contributed by atoms with van der Waals surface area (Å²) < 4.78 is 17.0. The summed E-state index contributed by atoms with van der Waals surface area (Å²) in [5, 5.41) is 19.5. The van der Waals surface area contributed by atoms with Gasteiger partial charge in [0.05, 0.1) is 24.7 Å². The molecule has 2 rings (SSSR count). The minimum absolute atomic E-state index is 0.0367. The van der Waals surface area contributed by atoms with Crippen LogP contribution in [0.25, 0.3) is 0 Å². The fraction of sp³-hybridized carbons (Fsp3) is 0.562. The fourth-order valence-electron chi connectivity index (χ4n) is 2.56. The Hall–Kier alpha value is -1.73. The van der Waals surface area contributed by atoms with E-state index < -0.39 is 30.1 Å². The minimum atomic E-state index is -0.986. The number of ether oxygens (including phenoxy) is 1. The van der Waals surface area contributed by atoms with Gasteiger partial charge in [-0.15, -0.1) is 0 Å². The van der Waals surface area contributed by atoms with Gasteiger partial charge in [0.2, 0.25) is 0 Å². The Morgan fingerprint density at radius 1 is 1.26 bits per heavy atom. The second-order valence-electron chi connectivity index (χ2n) is 6.75. The summed E-state index contributed by atoms with van der Waals surface area (Å²) in [6.07, 6.45) is -0.212. The zero-order valence-electron chi connectivity index (χ0n) is 14.1. The van der Waals surface area contributed by atoms with Crippen LogP contribution in [0.4, 0.5) is 0 Å². The molecule has 0 aliphatic carbocycles. The SMILES string of the molecule is COc1ccc(C(CC(=O)O)B2OC(C)(C)C(C)(C)O2)c(O)c1. The standard InChI is InChI=1S/C16H23BO6/c1-15(2)16(3,4)23-17(22-15)12(9-14(19)20)11-7-6-10(21-5)8-13(11)18/h6-8,12,18H,9H2,1-5H3,(H,19,20). The molecule has 6 nitrogen and oxygen atoms in total. The Kier molecular flexibility index (Phi) is 4.64. The van der Waals surface area contributed by atoms with Gasteiger partial charge in [-0.05, 0) is 39.3 Å². The topological polar surface area (TPSA) is 85.2 Å². The highest BCUT2D eigenvalue weighted by atomic mass is 16.7. The predicted octanol–water partition coefficient (Wildman–Crippen LogP) is 2.59. The van der Waals surface area contributed by atoms with Crippen molar-refractivity contribution in [1.82, 2.24) is 0 Å². The minimum Gasteiger partial charge on any atom is -0.508 e. The van der Waals surface area contributed by atoms with Crippen molar-refractivity contribution in [2.45, 2.75) is 51.1 Å². The molecule has 1 saturated heterocycles. The highest BCUT2D eigenvalue weighted by molar-refractivity contribution is 6.48. The molecule has 0 aromatic heterocycles. The van der Waals surface area contributed by atoms with E-state index in [-0.39, 0.29) is 12.2 Å². The summed E-state index contributed by atoms with van der Waals surface area (Å²) in [5.41, 5.74) is -0.681. The Morgan fingerprint density at radius 3 is 2.26 bits per heavy atom. The Labute approximate surface area is 136 Å². The van der Waals surface area contributed by atoms with Gasteiger partial charge in [0.15, 0.2) is 0 Å². The lowest BCUT2D eigenvalue weighted by Gasteiger charge is -2.32. The van der Waals surface area contributed by atoms with Crippen LogP contribution in [-0.2, 0) is 14.1 Å². The maximum atomic E-state index is 11.3. The molecule has 1 aromatic rings. The first kappa shape index (κ1) is 17.6. The molecule has 0 bridgehead atoms. The third kappa shape index (κ3) is 3.45. The summed E-state index contributed by atoms with van der Waals surface area (Å²) >= 11 is 0. The lowest BCUT2D eigenvalue weighted by Crippen LogP contribution is -2.41. The number of rotatable bonds is 5. The average molecular weight is 322 g/mol. The summed E-state index contributed by atoms with van der Waals surface area (Å²) in [5.74, 6) is -1.15. The second kappa shape index (κ2) is 6.05. The van der Waals surface area contributed by atoms with E-state index in [9.17, 15) is 15.0 Å². The predicted molar refractivity (Wildman–Crippen MR) is 85.7 cm³/mol. The molecule has 1 unspecified atom stereocenters. The number of phenols is 1. The van der Waals surface area contributed by atoms with Crippen LogP contribution in [0.1, 0.15) is 45.5 Å². The van der Waals surface area contributed by atoms with Crippen LogP contribution in [0.5, 0.6) is 11.5 Å². The van der Waals surface area contributed by atoms with Crippen LogP contribution in [-0.4, -0.2) is 41.6 Å². The van der Waals surface area contributed by atoms with Gasteiger partial charge < -0.3 is 24.3 Å². The van der Waals surface area contributed by atoms with E-state index in [0.717, 1.165) is 0 Å². The highest BCUT2D eigenvalue weighted by Crippen LogP contribution is 2.43. The van der Waals surface area contributed by atoms with E-state index in [1.807, 2.05) is 27.7 Å². The van der Waals surface area contributed by atoms with E-state index in [1.54, 1.807) is 12.1 Å². The molecule has 1 atom stereocenters. The molecule has 126 valence electrons. The Bertz CT molecular complexity index is 582. The number of carboxylic acid groups (broad SMARTS) is 1. The number of benzene rings is 1.